The number of carbonyl (C=O) groups excluding carboxylic acids is 1. The van der Waals surface area contributed by atoms with Gasteiger partial charge in [0.05, 0.1) is 6.10 Å². The van der Waals surface area contributed by atoms with Crippen molar-refractivity contribution in [3.63, 3.8) is 0 Å². The molecule has 0 bridgehead atoms. The second kappa shape index (κ2) is 6.47. The largest absolute Gasteiger partial charge is 0.391 e. The molecule has 0 saturated heterocycles. The van der Waals surface area contributed by atoms with Gasteiger partial charge in [0.15, 0.2) is 5.82 Å². The number of nitrogens with zero attached hydrogens (tertiary/aromatic N) is 3. The lowest BCUT2D eigenvalue weighted by molar-refractivity contribution is 0.111. The third kappa shape index (κ3) is 4.02. The number of rotatable bonds is 7. The highest BCUT2D eigenvalue weighted by atomic mass is 16.5. The van der Waals surface area contributed by atoms with Crippen LogP contribution in [0.25, 0.3) is 0 Å². The Morgan fingerprint density at radius 1 is 1.39 bits per heavy atom. The van der Waals surface area contributed by atoms with Gasteiger partial charge in [0.2, 0.25) is 5.89 Å². The summed E-state index contributed by atoms with van der Waals surface area (Å²) in [6.45, 7) is 4.36. The molecule has 7 nitrogen and oxygen atoms in total. The Hall–Kier alpha value is -1.63. The first kappa shape index (κ1) is 16.2. The summed E-state index contributed by atoms with van der Waals surface area (Å²) >= 11 is 0. The molecule has 2 saturated carbocycles. The zero-order chi connectivity index (χ0) is 16.6. The fourth-order valence-electron chi connectivity index (χ4n) is 2.63. The van der Waals surface area contributed by atoms with E-state index in [4.69, 9.17) is 4.52 Å². The van der Waals surface area contributed by atoms with Crippen LogP contribution in [0.1, 0.15) is 63.2 Å². The van der Waals surface area contributed by atoms with Crippen molar-refractivity contribution in [1.29, 1.82) is 0 Å². The highest BCUT2D eigenvalue weighted by Crippen LogP contribution is 2.38. The molecule has 7 heteroatoms. The minimum atomic E-state index is -0.437. The Morgan fingerprint density at radius 3 is 2.65 bits per heavy atom. The van der Waals surface area contributed by atoms with E-state index in [0.29, 0.717) is 24.3 Å². The van der Waals surface area contributed by atoms with Crippen molar-refractivity contribution in [2.45, 2.75) is 57.6 Å². The van der Waals surface area contributed by atoms with Crippen molar-refractivity contribution in [2.75, 3.05) is 13.6 Å². The molecule has 2 fully saturated rings. The average Bonchev–Trinajstić information content (AvgIpc) is 3.41. The molecule has 3 rings (SSSR count). The Bertz CT molecular complexity index is 551. The van der Waals surface area contributed by atoms with Crippen molar-refractivity contribution < 1.29 is 14.4 Å². The average molecular weight is 322 g/mol. The number of nitrogens with one attached hydrogen (secondary N) is 1. The molecule has 1 aromatic rings. The highest BCUT2D eigenvalue weighted by Gasteiger charge is 2.33. The lowest BCUT2D eigenvalue weighted by Gasteiger charge is -2.25. The van der Waals surface area contributed by atoms with Crippen molar-refractivity contribution in [3.05, 3.63) is 11.7 Å². The third-order valence-corrected chi connectivity index (χ3v) is 4.59. The van der Waals surface area contributed by atoms with Crippen LogP contribution < -0.4 is 5.32 Å². The van der Waals surface area contributed by atoms with Crippen LogP contribution in [0.2, 0.25) is 0 Å². The van der Waals surface area contributed by atoms with Crippen LogP contribution in [-0.2, 0) is 0 Å². The van der Waals surface area contributed by atoms with Gasteiger partial charge < -0.3 is 19.8 Å². The van der Waals surface area contributed by atoms with Crippen LogP contribution in [0, 0.1) is 11.8 Å². The molecule has 0 spiro atoms. The molecule has 2 aliphatic rings. The molecule has 0 aliphatic heterocycles. The summed E-state index contributed by atoms with van der Waals surface area (Å²) in [4.78, 5) is 18.3. The quantitative estimate of drug-likeness (QED) is 0.801. The first-order valence-corrected chi connectivity index (χ1v) is 8.49. The molecular formula is C16H26N4O3. The smallest absolute Gasteiger partial charge is 0.317 e. The van der Waals surface area contributed by atoms with Crippen molar-refractivity contribution in [2.24, 2.45) is 11.8 Å². The SMILES string of the molecule is CC(C)C(NC(=O)N(C)CC(O)C1CC1)c1nc(C2CC2)no1. The molecule has 2 atom stereocenters. The molecule has 0 aromatic carbocycles. The lowest BCUT2D eigenvalue weighted by Crippen LogP contribution is -2.44. The second-order valence-electron chi connectivity index (χ2n) is 7.22. The van der Waals surface area contributed by atoms with Gasteiger partial charge in [-0.1, -0.05) is 19.0 Å². The molecule has 2 N–H and O–H groups in total. The van der Waals surface area contributed by atoms with E-state index in [1.54, 1.807) is 7.05 Å². The van der Waals surface area contributed by atoms with Crippen LogP contribution in [0.4, 0.5) is 4.79 Å². The second-order valence-corrected chi connectivity index (χ2v) is 7.22. The van der Waals surface area contributed by atoms with Crippen LogP contribution in [0.15, 0.2) is 4.52 Å². The minimum Gasteiger partial charge on any atom is -0.391 e. The normalized spacial score (nSPS) is 20.4. The molecule has 2 unspecified atom stereocenters. The van der Waals surface area contributed by atoms with Gasteiger partial charge in [-0.2, -0.15) is 4.98 Å². The zero-order valence-corrected chi connectivity index (χ0v) is 14.0. The Labute approximate surface area is 136 Å². The maximum absolute atomic E-state index is 12.4. The summed E-state index contributed by atoms with van der Waals surface area (Å²) in [5, 5.41) is 16.9. The molecule has 1 aromatic heterocycles. The van der Waals surface area contributed by atoms with E-state index in [1.807, 2.05) is 13.8 Å². The summed E-state index contributed by atoms with van der Waals surface area (Å²) in [7, 11) is 1.70. The van der Waals surface area contributed by atoms with Gasteiger partial charge in [-0.15, -0.1) is 0 Å². The molecule has 2 amide bonds. The van der Waals surface area contributed by atoms with E-state index in [-0.39, 0.29) is 18.0 Å². The van der Waals surface area contributed by atoms with Crippen molar-refractivity contribution in [3.8, 4) is 0 Å². The van der Waals surface area contributed by atoms with Gasteiger partial charge in [0.1, 0.15) is 6.04 Å². The zero-order valence-electron chi connectivity index (χ0n) is 14.0. The minimum absolute atomic E-state index is 0.133. The molecule has 0 radical (unpaired) electrons. The van der Waals surface area contributed by atoms with E-state index in [0.717, 1.165) is 31.5 Å². The third-order valence-electron chi connectivity index (χ3n) is 4.59. The monoisotopic (exact) mass is 322 g/mol. The molecule has 1 heterocycles. The van der Waals surface area contributed by atoms with Crippen LogP contribution in [0.3, 0.4) is 0 Å². The van der Waals surface area contributed by atoms with Crippen LogP contribution in [0.5, 0.6) is 0 Å². The Balaban J connectivity index is 1.59. The number of aromatic nitrogens is 2. The van der Waals surface area contributed by atoms with Gasteiger partial charge in [0.25, 0.3) is 0 Å². The summed E-state index contributed by atoms with van der Waals surface area (Å²) in [6, 6.07) is -0.544. The fraction of sp³-hybridized carbons (Fsp3) is 0.812. The maximum Gasteiger partial charge on any atom is 0.317 e. The van der Waals surface area contributed by atoms with Crippen LogP contribution >= 0.6 is 0 Å². The standard InChI is InChI=1S/C16H26N4O3/c1-9(2)13(15-18-14(19-23-15)11-6-7-11)17-16(22)20(3)8-12(21)10-4-5-10/h9-13,21H,4-8H2,1-3H3,(H,17,22). The molecule has 128 valence electrons. The fourth-order valence-corrected chi connectivity index (χ4v) is 2.63. The van der Waals surface area contributed by atoms with Gasteiger partial charge in [0, 0.05) is 19.5 Å². The maximum atomic E-state index is 12.4. The number of amides is 2. The number of aliphatic hydroxyl groups excluding tert-OH is 1. The van der Waals surface area contributed by atoms with Gasteiger partial charge in [-0.05, 0) is 37.5 Å². The summed E-state index contributed by atoms with van der Waals surface area (Å²) in [5.74, 6) is 2.12. The topological polar surface area (TPSA) is 91.5 Å². The number of carbonyl (C=O) groups is 1. The van der Waals surface area contributed by atoms with Gasteiger partial charge in [-0.25, -0.2) is 4.79 Å². The van der Waals surface area contributed by atoms with E-state index in [9.17, 15) is 9.90 Å². The van der Waals surface area contributed by atoms with E-state index >= 15 is 0 Å². The molecule has 2 aliphatic carbocycles. The van der Waals surface area contributed by atoms with Crippen LogP contribution in [-0.4, -0.2) is 45.9 Å². The Kier molecular flexibility index (Phi) is 4.57. The summed E-state index contributed by atoms with van der Waals surface area (Å²) in [5.41, 5.74) is 0. The lowest BCUT2D eigenvalue weighted by atomic mass is 10.0. The number of hydrogen-bond acceptors (Lipinski definition) is 5. The first-order chi connectivity index (χ1) is 11.0. The van der Waals surface area contributed by atoms with E-state index < -0.39 is 6.10 Å². The van der Waals surface area contributed by atoms with E-state index in [2.05, 4.69) is 15.5 Å². The predicted octanol–water partition coefficient (Wildman–Crippen LogP) is 2.06. The Morgan fingerprint density at radius 2 is 2.09 bits per heavy atom. The van der Waals surface area contributed by atoms with Gasteiger partial charge in [-0.3, -0.25) is 0 Å². The number of aliphatic hydroxyl groups is 1. The molecule has 23 heavy (non-hydrogen) atoms. The molecular weight excluding hydrogens is 296 g/mol. The van der Waals surface area contributed by atoms with Crippen molar-refractivity contribution >= 4 is 6.03 Å². The highest BCUT2D eigenvalue weighted by molar-refractivity contribution is 5.74. The van der Waals surface area contributed by atoms with Crippen molar-refractivity contribution in [1.82, 2.24) is 20.4 Å². The van der Waals surface area contributed by atoms with E-state index in [1.165, 1.54) is 4.90 Å². The summed E-state index contributed by atoms with van der Waals surface area (Å²) < 4.78 is 5.36. The predicted molar refractivity (Wildman–Crippen MR) is 83.7 cm³/mol. The summed E-state index contributed by atoms with van der Waals surface area (Å²) in [6.07, 6.45) is 3.89. The number of urea groups is 1. The number of likely N-dealkylation sites (N-methyl/N-ethyl adjacent to an activating group) is 1. The van der Waals surface area contributed by atoms with Gasteiger partial charge >= 0.3 is 6.03 Å². The number of hydrogen-bond donors (Lipinski definition) is 2. The first-order valence-electron chi connectivity index (χ1n) is 8.49.